The molecular weight excluding hydrogens is 540 g/mol. The summed E-state index contributed by atoms with van der Waals surface area (Å²) in [4.78, 5) is 0. The molecule has 0 amide bonds. The van der Waals surface area contributed by atoms with Gasteiger partial charge in [0.15, 0.2) is 25.2 Å². The zero-order chi connectivity index (χ0) is 28.6. The second kappa shape index (κ2) is 13.1. The van der Waals surface area contributed by atoms with Crippen molar-refractivity contribution in [2.45, 2.75) is 105 Å². The Labute approximate surface area is 221 Å². The Morgan fingerprint density at radius 2 is 0.974 bits per heavy atom. The minimum atomic E-state index is -1.87. The van der Waals surface area contributed by atoms with Gasteiger partial charge in [-0.2, -0.15) is 0 Å². The number of hydrogen-bond acceptors (Lipinski definition) is 18. The molecule has 17 atom stereocenters. The zero-order valence-electron chi connectivity index (χ0n) is 20.4. The predicted octanol–water partition coefficient (Wildman–Crippen LogP) is -7.83. The van der Waals surface area contributed by atoms with Crippen molar-refractivity contribution in [2.24, 2.45) is 0 Å². The summed E-state index contributed by atoms with van der Waals surface area (Å²) >= 11 is 0. The van der Waals surface area contributed by atoms with E-state index in [-0.39, 0.29) is 6.61 Å². The molecule has 4 saturated heterocycles. The maximum absolute atomic E-state index is 10.9. The van der Waals surface area contributed by atoms with Crippen LogP contribution in [0.4, 0.5) is 0 Å². The van der Waals surface area contributed by atoms with Gasteiger partial charge >= 0.3 is 0 Å². The van der Waals surface area contributed by atoms with Crippen LogP contribution in [0.1, 0.15) is 0 Å². The molecule has 4 aliphatic heterocycles. The first-order valence-electron chi connectivity index (χ1n) is 12.3. The molecule has 0 saturated carbocycles. The summed E-state index contributed by atoms with van der Waals surface area (Å²) in [5.41, 5.74) is 0. The Bertz CT molecular complexity index is 777. The Morgan fingerprint density at radius 1 is 0.513 bits per heavy atom. The van der Waals surface area contributed by atoms with Crippen LogP contribution in [0.5, 0.6) is 0 Å². The minimum Gasteiger partial charge on any atom is -0.394 e. The molecule has 4 fully saturated rings. The quantitative estimate of drug-likeness (QED) is 0.134. The smallest absolute Gasteiger partial charge is 0.186 e. The predicted molar refractivity (Wildman–Crippen MR) is 116 cm³/mol. The van der Waals surface area contributed by atoms with Crippen molar-refractivity contribution >= 4 is 0 Å². The van der Waals surface area contributed by atoms with E-state index in [4.69, 9.17) is 33.2 Å². The van der Waals surface area contributed by atoms with Gasteiger partial charge in [0.1, 0.15) is 79.4 Å². The van der Waals surface area contributed by atoms with Crippen LogP contribution in [0.15, 0.2) is 0 Å². The van der Waals surface area contributed by atoms with Crippen molar-refractivity contribution in [3.63, 3.8) is 0 Å². The van der Waals surface area contributed by atoms with Gasteiger partial charge in [0.25, 0.3) is 0 Å². The number of hydrogen-bond donors (Lipinski definition) is 11. The maximum Gasteiger partial charge on any atom is 0.186 e. The van der Waals surface area contributed by atoms with Gasteiger partial charge in [0, 0.05) is 0 Å². The van der Waals surface area contributed by atoms with E-state index in [1.165, 1.54) is 0 Å². The minimum absolute atomic E-state index is 0.361. The topological polar surface area (TPSA) is 287 Å². The highest BCUT2D eigenvalue weighted by molar-refractivity contribution is 4.94. The number of aliphatic hydroxyl groups excluding tert-OH is 11. The van der Waals surface area contributed by atoms with E-state index in [2.05, 4.69) is 0 Å². The summed E-state index contributed by atoms with van der Waals surface area (Å²) in [6.45, 7) is -2.00. The van der Waals surface area contributed by atoms with E-state index in [1.807, 2.05) is 0 Å². The second-order valence-corrected chi connectivity index (χ2v) is 9.80. The maximum atomic E-state index is 10.9. The first-order chi connectivity index (χ1) is 18.4. The molecule has 4 rings (SSSR count). The van der Waals surface area contributed by atoms with Crippen molar-refractivity contribution in [1.82, 2.24) is 0 Å². The Balaban J connectivity index is 1.38. The summed E-state index contributed by atoms with van der Waals surface area (Å²) in [5.74, 6) is 0. The fraction of sp³-hybridized carbons (Fsp3) is 1.00. The number of ether oxygens (including phenoxy) is 7. The molecule has 0 radical (unpaired) electrons. The molecule has 228 valence electrons. The Kier molecular flexibility index (Phi) is 10.5. The largest absolute Gasteiger partial charge is 0.394 e. The number of aliphatic hydroxyl groups is 11. The van der Waals surface area contributed by atoms with Crippen LogP contribution in [0, 0.1) is 0 Å². The lowest BCUT2D eigenvalue weighted by Crippen LogP contribution is -2.65. The van der Waals surface area contributed by atoms with Crippen molar-refractivity contribution in [3.05, 3.63) is 0 Å². The molecule has 0 bridgehead atoms. The van der Waals surface area contributed by atoms with Crippen molar-refractivity contribution in [3.8, 4) is 0 Å². The molecule has 1 unspecified atom stereocenters. The Morgan fingerprint density at radius 3 is 1.51 bits per heavy atom. The molecule has 0 aromatic heterocycles. The summed E-state index contributed by atoms with van der Waals surface area (Å²) in [7, 11) is 0. The normalized spacial score (nSPS) is 53.5. The fourth-order valence-corrected chi connectivity index (χ4v) is 4.66. The van der Waals surface area contributed by atoms with Crippen molar-refractivity contribution in [2.75, 3.05) is 26.4 Å². The first kappa shape index (κ1) is 31.2. The van der Waals surface area contributed by atoms with Gasteiger partial charge in [-0.1, -0.05) is 0 Å². The lowest BCUT2D eigenvalue weighted by atomic mass is 9.97. The van der Waals surface area contributed by atoms with Gasteiger partial charge in [-0.3, -0.25) is 0 Å². The molecular formula is C21H36O18. The molecule has 18 nitrogen and oxygen atoms in total. The second-order valence-electron chi connectivity index (χ2n) is 9.80. The van der Waals surface area contributed by atoms with E-state index >= 15 is 0 Å². The third-order valence-electron chi connectivity index (χ3n) is 7.05. The van der Waals surface area contributed by atoms with Gasteiger partial charge in [-0.15, -0.1) is 0 Å². The monoisotopic (exact) mass is 576 g/mol. The van der Waals surface area contributed by atoms with Crippen LogP contribution >= 0.6 is 0 Å². The van der Waals surface area contributed by atoms with E-state index in [9.17, 15) is 56.2 Å². The van der Waals surface area contributed by atoms with Gasteiger partial charge in [0.2, 0.25) is 0 Å². The van der Waals surface area contributed by atoms with Crippen LogP contribution in [0.3, 0.4) is 0 Å². The first-order valence-corrected chi connectivity index (χ1v) is 12.3. The summed E-state index contributed by atoms with van der Waals surface area (Å²) < 4.78 is 37.3. The molecule has 4 heterocycles. The molecule has 4 aliphatic rings. The van der Waals surface area contributed by atoms with E-state index < -0.39 is 124 Å². The van der Waals surface area contributed by atoms with Crippen molar-refractivity contribution < 1.29 is 89.3 Å². The highest BCUT2D eigenvalue weighted by atomic mass is 16.8. The molecule has 0 spiro atoms. The number of rotatable bonds is 7. The third kappa shape index (κ3) is 6.53. The zero-order valence-corrected chi connectivity index (χ0v) is 20.4. The SMILES string of the molecule is OC[C@@H]1OC(O)[C@@H](O[C@@H]2OC[C@@H](O)[C@H](O)[C@H]2O)[C@H](O)[C@@H]1O[C@@H]1OC[C@@H](O[C@@H]2OC[C@@H](O)[C@H](O)[C@H]2O)[C@H](O)[C@H]1O. The van der Waals surface area contributed by atoms with Gasteiger partial charge in [-0.05, 0) is 0 Å². The molecule has 0 aromatic rings. The van der Waals surface area contributed by atoms with Crippen LogP contribution in [0.2, 0.25) is 0 Å². The average Bonchev–Trinajstić information content (AvgIpc) is 2.91. The standard InChI is InChI=1S/C21H36O18/c22-1-7-16(15(31)17(18(32)36-7)39-20-13(29)10(26)6(24)3-34-20)38-21-14(30)11(27)8(4-35-21)37-19-12(28)9(25)5(23)2-33-19/h5-32H,1-4H2/t5-,6-,7+,8-,9+,10+,11+,12-,13-,14-,15-,16-,17+,18?,19+,20+,21+/m1/s1. The average molecular weight is 577 g/mol. The van der Waals surface area contributed by atoms with Crippen LogP contribution in [0.25, 0.3) is 0 Å². The van der Waals surface area contributed by atoms with Crippen LogP contribution in [-0.4, -0.2) is 187 Å². The van der Waals surface area contributed by atoms with E-state index in [1.54, 1.807) is 0 Å². The van der Waals surface area contributed by atoms with Crippen LogP contribution in [-0.2, 0) is 33.2 Å². The lowest BCUT2D eigenvalue weighted by molar-refractivity contribution is -0.376. The molecule has 0 aromatic carbocycles. The van der Waals surface area contributed by atoms with Crippen LogP contribution < -0.4 is 0 Å². The highest BCUT2D eigenvalue weighted by Gasteiger charge is 2.52. The highest BCUT2D eigenvalue weighted by Crippen LogP contribution is 2.31. The third-order valence-corrected chi connectivity index (χ3v) is 7.05. The Hall–Kier alpha value is -0.720. The van der Waals surface area contributed by atoms with Gasteiger partial charge in [-0.25, -0.2) is 0 Å². The molecule has 11 N–H and O–H groups in total. The summed E-state index contributed by atoms with van der Waals surface area (Å²) in [6, 6.07) is 0. The van der Waals surface area contributed by atoms with Gasteiger partial charge in [0.05, 0.1) is 26.4 Å². The van der Waals surface area contributed by atoms with Gasteiger partial charge < -0.3 is 89.3 Å². The van der Waals surface area contributed by atoms with E-state index in [0.29, 0.717) is 0 Å². The molecule has 39 heavy (non-hydrogen) atoms. The van der Waals surface area contributed by atoms with E-state index in [0.717, 1.165) is 0 Å². The van der Waals surface area contributed by atoms with Crippen molar-refractivity contribution in [1.29, 1.82) is 0 Å². The fourth-order valence-electron chi connectivity index (χ4n) is 4.66. The molecule has 0 aliphatic carbocycles. The summed E-state index contributed by atoms with van der Waals surface area (Å²) in [5, 5.41) is 111. The summed E-state index contributed by atoms with van der Waals surface area (Å²) in [6.07, 6.45) is -27.1. The lowest BCUT2D eigenvalue weighted by Gasteiger charge is -2.47. The molecule has 18 heteroatoms.